The van der Waals surface area contributed by atoms with Gasteiger partial charge >= 0.3 is 5.97 Å². The largest absolute Gasteiger partial charge is 0.462 e. The van der Waals surface area contributed by atoms with Crippen molar-refractivity contribution in [2.45, 2.75) is 44.1 Å². The normalized spacial score (nSPS) is 20.0. The van der Waals surface area contributed by atoms with Crippen molar-refractivity contribution in [1.82, 2.24) is 15.3 Å². The molecule has 2 heterocycles. The maximum atomic E-state index is 13.4. The Labute approximate surface area is 194 Å². The zero-order chi connectivity index (χ0) is 23.1. The first-order valence-electron chi connectivity index (χ1n) is 11.8. The van der Waals surface area contributed by atoms with Crippen molar-refractivity contribution in [3.63, 3.8) is 0 Å². The number of carbonyl (C=O) groups excluding carboxylic acids is 2. The van der Waals surface area contributed by atoms with E-state index in [0.29, 0.717) is 11.4 Å². The van der Waals surface area contributed by atoms with E-state index in [1.807, 2.05) is 18.2 Å². The molecular weight excluding hydrogens is 420 g/mol. The van der Waals surface area contributed by atoms with Gasteiger partial charge in [-0.3, -0.25) is 4.79 Å². The molecular formula is C25H32N4O4. The average Bonchev–Trinajstić information content (AvgIpc) is 3.41. The third-order valence-electron chi connectivity index (χ3n) is 6.99. The Morgan fingerprint density at radius 2 is 1.85 bits per heavy atom. The van der Waals surface area contributed by atoms with Crippen LogP contribution in [-0.4, -0.2) is 46.6 Å². The number of aliphatic hydroxyl groups is 1. The number of aromatic nitrogens is 2. The van der Waals surface area contributed by atoms with Gasteiger partial charge in [0.15, 0.2) is 5.60 Å². The van der Waals surface area contributed by atoms with Crippen LogP contribution in [0.15, 0.2) is 48.9 Å². The lowest BCUT2D eigenvalue weighted by atomic mass is 9.80. The fourth-order valence-electron chi connectivity index (χ4n) is 5.09. The highest BCUT2D eigenvalue weighted by Crippen LogP contribution is 2.41. The summed E-state index contributed by atoms with van der Waals surface area (Å²) in [4.78, 5) is 34.5. The molecule has 1 aliphatic carbocycles. The van der Waals surface area contributed by atoms with Crippen LogP contribution in [0.5, 0.6) is 0 Å². The average molecular weight is 453 g/mol. The van der Waals surface area contributed by atoms with Gasteiger partial charge in [0.2, 0.25) is 5.91 Å². The van der Waals surface area contributed by atoms with Gasteiger partial charge in [-0.25, -0.2) is 14.8 Å². The van der Waals surface area contributed by atoms with Crippen molar-refractivity contribution in [2.75, 3.05) is 25.0 Å². The molecule has 2 fully saturated rings. The number of carbonyl (C=O) groups is 2. The van der Waals surface area contributed by atoms with Crippen LogP contribution >= 0.6 is 0 Å². The molecule has 1 aromatic heterocycles. The van der Waals surface area contributed by atoms with Crippen molar-refractivity contribution < 1.29 is 19.4 Å². The lowest BCUT2D eigenvalue weighted by Crippen LogP contribution is -2.45. The molecule has 1 aliphatic heterocycles. The molecule has 8 heteroatoms. The van der Waals surface area contributed by atoms with Gasteiger partial charge in [0.05, 0.1) is 5.92 Å². The van der Waals surface area contributed by atoms with Gasteiger partial charge < -0.3 is 20.5 Å². The lowest BCUT2D eigenvalue weighted by molar-refractivity contribution is -0.176. The van der Waals surface area contributed by atoms with Crippen molar-refractivity contribution in [3.05, 3.63) is 54.5 Å². The Bertz CT molecular complexity index is 915. The molecule has 4 rings (SSSR count). The van der Waals surface area contributed by atoms with E-state index < -0.39 is 17.5 Å². The second-order valence-electron chi connectivity index (χ2n) is 8.99. The molecule has 1 amide bonds. The van der Waals surface area contributed by atoms with E-state index in [2.05, 4.69) is 20.6 Å². The molecule has 1 saturated heterocycles. The lowest BCUT2D eigenvalue weighted by Gasteiger charge is -2.34. The van der Waals surface area contributed by atoms with Crippen LogP contribution in [0.4, 0.5) is 5.82 Å². The number of piperidine rings is 1. The van der Waals surface area contributed by atoms with E-state index in [1.165, 1.54) is 6.33 Å². The van der Waals surface area contributed by atoms with Gasteiger partial charge in [-0.05, 0) is 56.3 Å². The summed E-state index contributed by atoms with van der Waals surface area (Å²) in [5, 5.41) is 17.8. The quantitative estimate of drug-likeness (QED) is 0.528. The summed E-state index contributed by atoms with van der Waals surface area (Å²) in [5.41, 5.74) is -1.16. The molecule has 2 unspecified atom stereocenters. The second kappa shape index (κ2) is 10.9. The first kappa shape index (κ1) is 23.3. The summed E-state index contributed by atoms with van der Waals surface area (Å²) < 4.78 is 5.75. The van der Waals surface area contributed by atoms with Crippen LogP contribution in [0.1, 0.15) is 44.1 Å². The molecule has 3 N–H and O–H groups in total. The summed E-state index contributed by atoms with van der Waals surface area (Å²) in [6, 6.07) is 10.6. The molecule has 0 bridgehead atoms. The van der Waals surface area contributed by atoms with Gasteiger partial charge in [0, 0.05) is 12.1 Å². The van der Waals surface area contributed by atoms with Crippen LogP contribution in [0.3, 0.4) is 0 Å². The molecule has 1 saturated carbocycles. The van der Waals surface area contributed by atoms with Crippen LogP contribution in [-0.2, 0) is 19.9 Å². The number of amides is 1. The second-order valence-corrected chi connectivity index (χ2v) is 8.99. The van der Waals surface area contributed by atoms with Crippen molar-refractivity contribution in [1.29, 1.82) is 0 Å². The number of hydrogen-bond donors (Lipinski definition) is 3. The topological polar surface area (TPSA) is 113 Å². The molecule has 8 nitrogen and oxygen atoms in total. The minimum Gasteiger partial charge on any atom is -0.462 e. The maximum absolute atomic E-state index is 13.4. The Morgan fingerprint density at radius 3 is 2.52 bits per heavy atom. The number of nitrogens with one attached hydrogen (secondary N) is 2. The highest BCUT2D eigenvalue weighted by Gasteiger charge is 2.48. The maximum Gasteiger partial charge on any atom is 0.343 e. The molecule has 2 aromatic rings. The summed E-state index contributed by atoms with van der Waals surface area (Å²) in [6.07, 6.45) is 8.05. The molecule has 2 atom stereocenters. The number of nitrogens with zero attached hydrogens (tertiary/aromatic N) is 2. The Morgan fingerprint density at radius 1 is 1.12 bits per heavy atom. The van der Waals surface area contributed by atoms with Crippen molar-refractivity contribution >= 4 is 17.7 Å². The number of esters is 1. The Hall–Kier alpha value is -2.84. The van der Waals surface area contributed by atoms with E-state index in [1.54, 1.807) is 24.4 Å². The van der Waals surface area contributed by atoms with Crippen LogP contribution in [0.25, 0.3) is 0 Å². The number of anilines is 1. The van der Waals surface area contributed by atoms with E-state index in [9.17, 15) is 14.7 Å². The summed E-state index contributed by atoms with van der Waals surface area (Å²) >= 11 is 0. The Balaban J connectivity index is 1.51. The van der Waals surface area contributed by atoms with Gasteiger partial charge in [0.1, 0.15) is 18.8 Å². The Kier molecular flexibility index (Phi) is 7.67. The number of ether oxygens (including phenoxy) is 1. The van der Waals surface area contributed by atoms with Crippen LogP contribution in [0.2, 0.25) is 0 Å². The van der Waals surface area contributed by atoms with Gasteiger partial charge in [-0.1, -0.05) is 43.2 Å². The van der Waals surface area contributed by atoms with E-state index >= 15 is 0 Å². The SMILES string of the molecule is O=C(Nc1ccncn1)C(COC(=O)C(O)(c1ccccc1)C1CCCC1)C1CCNCC1. The van der Waals surface area contributed by atoms with Gasteiger partial charge in [-0.2, -0.15) is 0 Å². The molecule has 0 spiro atoms. The number of hydrogen-bond acceptors (Lipinski definition) is 7. The molecule has 176 valence electrons. The summed E-state index contributed by atoms with van der Waals surface area (Å²) in [5.74, 6) is -1.16. The first-order chi connectivity index (χ1) is 16.1. The highest BCUT2D eigenvalue weighted by atomic mass is 16.6. The number of rotatable bonds is 8. The van der Waals surface area contributed by atoms with Crippen LogP contribution < -0.4 is 10.6 Å². The zero-order valence-electron chi connectivity index (χ0n) is 18.8. The predicted octanol–water partition coefficient (Wildman–Crippen LogP) is 2.65. The standard InChI is InChI=1S/C25H32N4O4/c30-23(29-22-12-15-27-17-28-22)21(18-10-13-26-14-11-18)16-33-24(31)25(32,20-8-4-5-9-20)19-6-2-1-3-7-19/h1-3,6-7,12,15,17-18,20-21,26,32H,4-5,8-11,13-14,16H2,(H,27,28,29,30). The molecule has 1 aromatic carbocycles. The summed E-state index contributed by atoms with van der Waals surface area (Å²) in [6.45, 7) is 1.54. The third kappa shape index (κ3) is 5.39. The monoisotopic (exact) mass is 452 g/mol. The van der Waals surface area contributed by atoms with E-state index in [-0.39, 0.29) is 24.3 Å². The minimum absolute atomic E-state index is 0.0668. The van der Waals surface area contributed by atoms with Crippen molar-refractivity contribution in [2.24, 2.45) is 17.8 Å². The molecule has 33 heavy (non-hydrogen) atoms. The third-order valence-corrected chi connectivity index (χ3v) is 6.99. The molecule has 0 radical (unpaired) electrons. The fourth-order valence-corrected chi connectivity index (χ4v) is 5.09. The van der Waals surface area contributed by atoms with Gasteiger partial charge in [-0.15, -0.1) is 0 Å². The smallest absolute Gasteiger partial charge is 0.343 e. The first-order valence-corrected chi connectivity index (χ1v) is 11.8. The fraction of sp³-hybridized carbons (Fsp3) is 0.520. The highest BCUT2D eigenvalue weighted by molar-refractivity contribution is 5.92. The minimum atomic E-state index is -1.71. The van der Waals surface area contributed by atoms with Crippen molar-refractivity contribution in [3.8, 4) is 0 Å². The number of benzene rings is 1. The molecule has 2 aliphatic rings. The van der Waals surface area contributed by atoms with E-state index in [4.69, 9.17) is 4.74 Å². The predicted molar refractivity (Wildman–Crippen MR) is 123 cm³/mol. The zero-order valence-corrected chi connectivity index (χ0v) is 18.8. The van der Waals surface area contributed by atoms with Gasteiger partial charge in [0.25, 0.3) is 0 Å². The summed E-state index contributed by atoms with van der Waals surface area (Å²) in [7, 11) is 0. The van der Waals surface area contributed by atoms with Crippen LogP contribution in [0, 0.1) is 17.8 Å². The van der Waals surface area contributed by atoms with E-state index in [0.717, 1.165) is 51.6 Å².